The highest BCUT2D eigenvalue weighted by Crippen LogP contribution is 2.24. The van der Waals surface area contributed by atoms with E-state index in [1.165, 1.54) is 0 Å². The Bertz CT molecular complexity index is 965. The molecule has 4 N–H and O–H groups in total. The first-order chi connectivity index (χ1) is 15.9. The zero-order valence-corrected chi connectivity index (χ0v) is 18.4. The largest absolute Gasteiger partial charge is 0.445 e. The fourth-order valence-electron chi connectivity index (χ4n) is 3.98. The number of ether oxygens (including phenoxy) is 1. The monoisotopic (exact) mass is 451 g/mol. The summed E-state index contributed by atoms with van der Waals surface area (Å²) in [5, 5.41) is 5.27. The van der Waals surface area contributed by atoms with Gasteiger partial charge in [-0.1, -0.05) is 60.7 Å². The molecule has 8 nitrogen and oxygen atoms in total. The molecule has 2 aromatic carbocycles. The van der Waals surface area contributed by atoms with Gasteiger partial charge < -0.3 is 21.1 Å². The molecule has 0 aromatic heterocycles. The van der Waals surface area contributed by atoms with Gasteiger partial charge in [0, 0.05) is 19.3 Å². The number of hydrogen-bond acceptors (Lipinski definition) is 5. The minimum atomic E-state index is -0.989. The van der Waals surface area contributed by atoms with Crippen LogP contribution in [0.1, 0.15) is 36.8 Å². The van der Waals surface area contributed by atoms with E-state index in [0.29, 0.717) is 19.3 Å². The number of primary amides is 1. The summed E-state index contributed by atoms with van der Waals surface area (Å²) in [6, 6.07) is 16.4. The molecule has 33 heavy (non-hydrogen) atoms. The van der Waals surface area contributed by atoms with Crippen molar-refractivity contribution in [3.8, 4) is 0 Å². The van der Waals surface area contributed by atoms with Crippen molar-refractivity contribution in [1.82, 2.24) is 10.6 Å². The Labute approximate surface area is 192 Å². The number of Topliss-reactive ketones (excluding diaryl/α,β-unsaturated/α-hetero) is 1. The third kappa shape index (κ3) is 7.45. The summed E-state index contributed by atoms with van der Waals surface area (Å²) >= 11 is 0. The quantitative estimate of drug-likeness (QED) is 0.539. The van der Waals surface area contributed by atoms with Gasteiger partial charge >= 0.3 is 6.09 Å². The van der Waals surface area contributed by atoms with Gasteiger partial charge in [-0.15, -0.1) is 0 Å². The van der Waals surface area contributed by atoms with Crippen LogP contribution in [0.4, 0.5) is 4.79 Å². The van der Waals surface area contributed by atoms with Crippen molar-refractivity contribution in [3.63, 3.8) is 0 Å². The Morgan fingerprint density at radius 1 is 0.970 bits per heavy atom. The van der Waals surface area contributed by atoms with E-state index in [2.05, 4.69) is 10.6 Å². The number of rotatable bonds is 9. The molecule has 1 aliphatic carbocycles. The van der Waals surface area contributed by atoms with Crippen molar-refractivity contribution in [2.75, 3.05) is 0 Å². The Morgan fingerprint density at radius 2 is 1.61 bits per heavy atom. The lowest BCUT2D eigenvalue weighted by Gasteiger charge is -2.29. The fraction of sp³-hybridized carbons (Fsp3) is 0.360. The Kier molecular flexibility index (Phi) is 8.57. The average molecular weight is 452 g/mol. The van der Waals surface area contributed by atoms with Crippen molar-refractivity contribution in [2.24, 2.45) is 11.7 Å². The van der Waals surface area contributed by atoms with Crippen LogP contribution in [0.15, 0.2) is 60.7 Å². The SMILES string of the molecule is NC(=O)[C@@H](NC(=O)[C@@H](Cc1ccccc1)NC(=O)OCc1ccccc1)[C@H]1CCCC(=O)C1. The van der Waals surface area contributed by atoms with Crippen molar-refractivity contribution >= 4 is 23.7 Å². The summed E-state index contributed by atoms with van der Waals surface area (Å²) < 4.78 is 5.26. The maximum atomic E-state index is 13.1. The van der Waals surface area contributed by atoms with Crippen molar-refractivity contribution in [1.29, 1.82) is 0 Å². The van der Waals surface area contributed by atoms with E-state index in [1.54, 1.807) is 0 Å². The lowest BCUT2D eigenvalue weighted by molar-refractivity contribution is -0.131. The zero-order valence-electron chi connectivity index (χ0n) is 18.4. The molecule has 174 valence electrons. The number of carbonyl (C=O) groups excluding carboxylic acids is 4. The highest BCUT2D eigenvalue weighted by atomic mass is 16.5. The average Bonchev–Trinajstić information content (AvgIpc) is 2.82. The van der Waals surface area contributed by atoms with E-state index in [0.717, 1.165) is 11.1 Å². The molecule has 3 amide bonds. The molecular weight excluding hydrogens is 422 g/mol. The van der Waals surface area contributed by atoms with Crippen LogP contribution >= 0.6 is 0 Å². The summed E-state index contributed by atoms with van der Waals surface area (Å²) in [6.45, 7) is 0.0560. The van der Waals surface area contributed by atoms with E-state index in [-0.39, 0.29) is 31.1 Å². The Morgan fingerprint density at radius 3 is 2.21 bits per heavy atom. The zero-order chi connectivity index (χ0) is 23.6. The molecule has 2 aromatic rings. The number of ketones is 1. The summed E-state index contributed by atoms with van der Waals surface area (Å²) in [4.78, 5) is 49.5. The Hall–Kier alpha value is -3.68. The summed E-state index contributed by atoms with van der Waals surface area (Å²) in [6.07, 6.45) is 1.39. The number of alkyl carbamates (subject to hydrolysis) is 1. The van der Waals surface area contributed by atoms with Crippen LogP contribution in [0.3, 0.4) is 0 Å². The van der Waals surface area contributed by atoms with Crippen LogP contribution in [0.25, 0.3) is 0 Å². The van der Waals surface area contributed by atoms with Gasteiger partial charge in [0.2, 0.25) is 11.8 Å². The van der Waals surface area contributed by atoms with Crippen LogP contribution in [0.5, 0.6) is 0 Å². The molecule has 1 aliphatic rings. The first kappa shape index (κ1) is 24.0. The summed E-state index contributed by atoms with van der Waals surface area (Å²) in [7, 11) is 0. The number of nitrogens with one attached hydrogen (secondary N) is 2. The second-order valence-corrected chi connectivity index (χ2v) is 8.23. The molecule has 0 aliphatic heterocycles. The number of carbonyl (C=O) groups is 4. The molecule has 0 saturated heterocycles. The van der Waals surface area contributed by atoms with E-state index >= 15 is 0 Å². The first-order valence-electron chi connectivity index (χ1n) is 11.0. The topological polar surface area (TPSA) is 128 Å². The van der Waals surface area contributed by atoms with E-state index in [9.17, 15) is 19.2 Å². The standard InChI is InChI=1S/C25H29N3O5/c26-23(30)22(19-12-7-13-20(29)15-19)28-24(31)21(14-17-8-3-1-4-9-17)27-25(32)33-16-18-10-5-2-6-11-18/h1-6,8-11,19,21-22H,7,12-16H2,(H2,26,30)(H,27,32)(H,28,31)/t19-,21+,22-/m0/s1. The highest BCUT2D eigenvalue weighted by Gasteiger charge is 2.34. The van der Waals surface area contributed by atoms with Gasteiger partial charge in [0.15, 0.2) is 0 Å². The van der Waals surface area contributed by atoms with E-state index in [4.69, 9.17) is 10.5 Å². The molecule has 0 radical (unpaired) electrons. The predicted octanol–water partition coefficient (Wildman–Crippen LogP) is 2.25. The van der Waals surface area contributed by atoms with Gasteiger partial charge in [0.05, 0.1) is 0 Å². The van der Waals surface area contributed by atoms with Crippen LogP contribution in [-0.2, 0) is 32.1 Å². The normalized spacial score (nSPS) is 17.5. The number of benzene rings is 2. The van der Waals surface area contributed by atoms with Gasteiger partial charge in [0.1, 0.15) is 24.5 Å². The lowest BCUT2D eigenvalue weighted by atomic mass is 9.82. The molecule has 1 saturated carbocycles. The van der Waals surface area contributed by atoms with Crippen molar-refractivity contribution in [3.05, 3.63) is 71.8 Å². The van der Waals surface area contributed by atoms with Crippen LogP contribution in [0.2, 0.25) is 0 Å². The van der Waals surface area contributed by atoms with Crippen LogP contribution < -0.4 is 16.4 Å². The van der Waals surface area contributed by atoms with Gasteiger partial charge in [-0.2, -0.15) is 0 Å². The van der Waals surface area contributed by atoms with Gasteiger partial charge in [-0.05, 0) is 29.9 Å². The van der Waals surface area contributed by atoms with Crippen LogP contribution in [0, 0.1) is 5.92 Å². The van der Waals surface area contributed by atoms with Gasteiger partial charge in [0.25, 0.3) is 0 Å². The predicted molar refractivity (Wildman–Crippen MR) is 122 cm³/mol. The third-order valence-electron chi connectivity index (χ3n) is 5.70. The van der Waals surface area contributed by atoms with Gasteiger partial charge in [-0.3, -0.25) is 14.4 Å². The minimum absolute atomic E-state index is 0.0511. The minimum Gasteiger partial charge on any atom is -0.445 e. The highest BCUT2D eigenvalue weighted by molar-refractivity contribution is 5.91. The molecular formula is C25H29N3O5. The number of hydrogen-bond donors (Lipinski definition) is 3. The molecule has 1 fully saturated rings. The molecule has 0 unspecified atom stereocenters. The molecule has 3 atom stereocenters. The first-order valence-corrected chi connectivity index (χ1v) is 11.0. The lowest BCUT2D eigenvalue weighted by Crippen LogP contribution is -2.56. The number of nitrogens with two attached hydrogens (primary N) is 1. The van der Waals surface area contributed by atoms with Crippen LogP contribution in [-0.4, -0.2) is 35.8 Å². The molecule has 0 heterocycles. The van der Waals surface area contributed by atoms with Gasteiger partial charge in [-0.25, -0.2) is 4.79 Å². The second kappa shape index (κ2) is 11.8. The summed E-state index contributed by atoms with van der Waals surface area (Å²) in [5.41, 5.74) is 7.19. The smallest absolute Gasteiger partial charge is 0.408 e. The van der Waals surface area contributed by atoms with Crippen molar-refractivity contribution < 1.29 is 23.9 Å². The second-order valence-electron chi connectivity index (χ2n) is 8.23. The summed E-state index contributed by atoms with van der Waals surface area (Å²) in [5.74, 6) is -1.56. The van der Waals surface area contributed by atoms with Crippen molar-refractivity contribution in [2.45, 2.75) is 50.8 Å². The van der Waals surface area contributed by atoms with E-state index < -0.39 is 30.0 Å². The molecule has 0 bridgehead atoms. The number of amides is 3. The van der Waals surface area contributed by atoms with E-state index in [1.807, 2.05) is 60.7 Å². The maximum Gasteiger partial charge on any atom is 0.408 e. The fourth-order valence-corrected chi connectivity index (χ4v) is 3.98. The Balaban J connectivity index is 1.68. The third-order valence-corrected chi connectivity index (χ3v) is 5.70. The molecule has 3 rings (SSSR count). The molecule has 0 spiro atoms. The molecule has 8 heteroatoms. The maximum absolute atomic E-state index is 13.1.